The number of hydrogen-bond acceptors (Lipinski definition) is 2. The molecule has 2 N–H and O–H groups in total. The zero-order valence-corrected chi connectivity index (χ0v) is 12.4. The van der Waals surface area contributed by atoms with Gasteiger partial charge in [0.2, 0.25) is 0 Å². The highest BCUT2D eigenvalue weighted by molar-refractivity contribution is 4.89. The first kappa shape index (κ1) is 14.3. The summed E-state index contributed by atoms with van der Waals surface area (Å²) in [6.45, 7) is 8.11. The third-order valence-electron chi connectivity index (χ3n) is 5.13. The van der Waals surface area contributed by atoms with Crippen LogP contribution >= 0.6 is 0 Å². The van der Waals surface area contributed by atoms with Crippen LogP contribution in [0.3, 0.4) is 0 Å². The fraction of sp³-hybridized carbons (Fsp3) is 1.00. The molecule has 0 aromatic carbocycles. The summed E-state index contributed by atoms with van der Waals surface area (Å²) in [5.74, 6) is 2.74. The summed E-state index contributed by atoms with van der Waals surface area (Å²) in [4.78, 5) is 2.76. The van der Waals surface area contributed by atoms with Gasteiger partial charge < -0.3 is 10.6 Å². The predicted octanol–water partition coefficient (Wildman–Crippen LogP) is 3.26. The summed E-state index contributed by atoms with van der Waals surface area (Å²) >= 11 is 0. The molecule has 3 atom stereocenters. The van der Waals surface area contributed by atoms with Gasteiger partial charge in [-0.25, -0.2) is 0 Å². The SMILES string of the molecule is CCCC1CCC(CN)C(N(CC)CC2CC2)C1. The Kier molecular flexibility index (Phi) is 5.50. The van der Waals surface area contributed by atoms with Gasteiger partial charge in [-0.1, -0.05) is 33.1 Å². The second-order valence-electron chi connectivity index (χ2n) is 6.56. The lowest BCUT2D eigenvalue weighted by Crippen LogP contribution is -2.47. The highest BCUT2D eigenvalue weighted by Crippen LogP contribution is 2.37. The molecule has 2 saturated carbocycles. The van der Waals surface area contributed by atoms with E-state index in [1.54, 1.807) is 0 Å². The van der Waals surface area contributed by atoms with E-state index in [-0.39, 0.29) is 0 Å². The zero-order valence-electron chi connectivity index (χ0n) is 12.4. The Bertz CT molecular complexity index is 237. The van der Waals surface area contributed by atoms with Crippen molar-refractivity contribution in [2.24, 2.45) is 23.5 Å². The molecule has 2 fully saturated rings. The molecule has 0 aromatic heterocycles. The Hall–Kier alpha value is -0.0800. The molecule has 2 heteroatoms. The first-order valence-corrected chi connectivity index (χ1v) is 8.22. The van der Waals surface area contributed by atoms with Gasteiger partial charge in [0.1, 0.15) is 0 Å². The van der Waals surface area contributed by atoms with Gasteiger partial charge in [0, 0.05) is 12.6 Å². The first-order valence-electron chi connectivity index (χ1n) is 8.22. The van der Waals surface area contributed by atoms with Crippen molar-refractivity contribution in [3.05, 3.63) is 0 Å². The van der Waals surface area contributed by atoms with Crippen molar-refractivity contribution < 1.29 is 0 Å². The summed E-state index contributed by atoms with van der Waals surface area (Å²) in [7, 11) is 0. The van der Waals surface area contributed by atoms with Gasteiger partial charge >= 0.3 is 0 Å². The Balaban J connectivity index is 1.93. The molecule has 2 rings (SSSR count). The summed E-state index contributed by atoms with van der Waals surface area (Å²) in [6.07, 6.45) is 9.91. The molecule has 0 spiro atoms. The number of nitrogens with zero attached hydrogens (tertiary/aromatic N) is 1. The van der Waals surface area contributed by atoms with E-state index < -0.39 is 0 Å². The average Bonchev–Trinajstić information content (AvgIpc) is 3.20. The normalized spacial score (nSPS) is 33.0. The maximum absolute atomic E-state index is 6.03. The molecule has 3 unspecified atom stereocenters. The lowest BCUT2D eigenvalue weighted by Gasteiger charge is -2.42. The molecule has 18 heavy (non-hydrogen) atoms. The minimum Gasteiger partial charge on any atom is -0.330 e. The number of nitrogens with two attached hydrogens (primary N) is 1. The molecule has 106 valence electrons. The van der Waals surface area contributed by atoms with E-state index in [2.05, 4.69) is 18.7 Å². The van der Waals surface area contributed by atoms with Crippen molar-refractivity contribution in [3.8, 4) is 0 Å². The van der Waals surface area contributed by atoms with E-state index in [4.69, 9.17) is 5.73 Å². The highest BCUT2D eigenvalue weighted by Gasteiger charge is 2.35. The van der Waals surface area contributed by atoms with Crippen LogP contribution in [0.15, 0.2) is 0 Å². The van der Waals surface area contributed by atoms with Crippen LogP contribution in [-0.2, 0) is 0 Å². The monoisotopic (exact) mass is 252 g/mol. The van der Waals surface area contributed by atoms with Crippen molar-refractivity contribution in [1.82, 2.24) is 4.90 Å². The number of hydrogen-bond donors (Lipinski definition) is 1. The molecule has 2 nitrogen and oxygen atoms in total. The van der Waals surface area contributed by atoms with Crippen molar-refractivity contribution >= 4 is 0 Å². The average molecular weight is 252 g/mol. The van der Waals surface area contributed by atoms with Crippen molar-refractivity contribution in [1.29, 1.82) is 0 Å². The minimum absolute atomic E-state index is 0.761. The second kappa shape index (κ2) is 6.91. The quantitative estimate of drug-likeness (QED) is 0.753. The molecular formula is C16H32N2. The molecule has 0 aliphatic heterocycles. The van der Waals surface area contributed by atoms with E-state index in [0.717, 1.165) is 30.3 Å². The van der Waals surface area contributed by atoms with Gasteiger partial charge in [0.05, 0.1) is 0 Å². The fourth-order valence-corrected chi connectivity index (χ4v) is 3.82. The second-order valence-corrected chi connectivity index (χ2v) is 6.56. The topological polar surface area (TPSA) is 29.3 Å². The lowest BCUT2D eigenvalue weighted by atomic mass is 9.76. The van der Waals surface area contributed by atoms with E-state index in [9.17, 15) is 0 Å². The summed E-state index contributed by atoms with van der Waals surface area (Å²) in [5, 5.41) is 0. The molecule has 0 bridgehead atoms. The van der Waals surface area contributed by atoms with E-state index in [1.165, 1.54) is 58.0 Å². The van der Waals surface area contributed by atoms with Crippen molar-refractivity contribution in [2.75, 3.05) is 19.6 Å². The Morgan fingerprint density at radius 1 is 1.06 bits per heavy atom. The maximum atomic E-state index is 6.03. The Morgan fingerprint density at radius 2 is 1.78 bits per heavy atom. The van der Waals surface area contributed by atoms with Crippen molar-refractivity contribution in [3.63, 3.8) is 0 Å². The van der Waals surface area contributed by atoms with E-state index in [0.29, 0.717) is 0 Å². The van der Waals surface area contributed by atoms with Gasteiger partial charge in [-0.15, -0.1) is 0 Å². The molecule has 2 aliphatic rings. The first-order chi connectivity index (χ1) is 8.78. The van der Waals surface area contributed by atoms with Crippen LogP contribution in [0.4, 0.5) is 0 Å². The van der Waals surface area contributed by atoms with Gasteiger partial charge in [-0.05, 0) is 56.5 Å². The third kappa shape index (κ3) is 3.71. The Labute approximate surface area is 113 Å². The summed E-state index contributed by atoms with van der Waals surface area (Å²) in [6, 6.07) is 0.783. The molecule has 0 saturated heterocycles. The zero-order chi connectivity index (χ0) is 13.0. The molecule has 2 aliphatic carbocycles. The van der Waals surface area contributed by atoms with Crippen LogP contribution in [0.25, 0.3) is 0 Å². The van der Waals surface area contributed by atoms with Gasteiger partial charge in [0.15, 0.2) is 0 Å². The lowest BCUT2D eigenvalue weighted by molar-refractivity contribution is 0.0793. The molecular weight excluding hydrogens is 220 g/mol. The smallest absolute Gasteiger partial charge is 0.0138 e. The van der Waals surface area contributed by atoms with Crippen LogP contribution in [0.5, 0.6) is 0 Å². The third-order valence-corrected chi connectivity index (χ3v) is 5.13. The highest BCUT2D eigenvalue weighted by atomic mass is 15.2. The van der Waals surface area contributed by atoms with E-state index >= 15 is 0 Å². The van der Waals surface area contributed by atoms with Gasteiger partial charge in [0.25, 0.3) is 0 Å². The van der Waals surface area contributed by atoms with Crippen LogP contribution in [0.1, 0.15) is 58.8 Å². The van der Waals surface area contributed by atoms with Crippen LogP contribution in [-0.4, -0.2) is 30.6 Å². The van der Waals surface area contributed by atoms with Crippen molar-refractivity contribution in [2.45, 2.75) is 64.8 Å². The largest absolute Gasteiger partial charge is 0.330 e. The molecule has 0 aromatic rings. The van der Waals surface area contributed by atoms with E-state index in [1.807, 2.05) is 0 Å². The predicted molar refractivity (Wildman–Crippen MR) is 78.6 cm³/mol. The van der Waals surface area contributed by atoms with Crippen LogP contribution in [0.2, 0.25) is 0 Å². The van der Waals surface area contributed by atoms with Gasteiger partial charge in [-0.2, -0.15) is 0 Å². The van der Waals surface area contributed by atoms with Crippen LogP contribution < -0.4 is 5.73 Å². The molecule has 0 amide bonds. The molecule has 0 radical (unpaired) electrons. The molecule has 0 heterocycles. The Morgan fingerprint density at radius 3 is 2.33 bits per heavy atom. The standard InChI is InChI=1S/C16H32N2/c1-3-5-13-8-9-15(11-17)16(10-13)18(4-2)12-14-6-7-14/h13-16H,3-12,17H2,1-2H3. The minimum atomic E-state index is 0.761. The maximum Gasteiger partial charge on any atom is 0.0138 e. The fourth-order valence-electron chi connectivity index (χ4n) is 3.82. The summed E-state index contributed by atoms with van der Waals surface area (Å²) in [5.41, 5.74) is 6.03. The summed E-state index contributed by atoms with van der Waals surface area (Å²) < 4.78 is 0. The van der Waals surface area contributed by atoms with Gasteiger partial charge in [-0.3, -0.25) is 0 Å². The number of rotatable bonds is 7. The van der Waals surface area contributed by atoms with Crippen LogP contribution in [0, 0.1) is 17.8 Å².